The zero-order valence-corrected chi connectivity index (χ0v) is 4.92. The molecule has 1 heterocycles. The second-order valence-corrected chi connectivity index (χ2v) is 3.12. The van der Waals surface area contributed by atoms with Gasteiger partial charge >= 0.3 is 0 Å². The molecule has 0 aromatic heterocycles. The van der Waals surface area contributed by atoms with Crippen LogP contribution in [0.3, 0.4) is 0 Å². The maximum absolute atomic E-state index is 2.32. The van der Waals surface area contributed by atoms with Gasteiger partial charge in [0, 0.05) is 0 Å². The second kappa shape index (κ2) is 1.87. The SMILES string of the molecule is CC1CCSC1. The summed E-state index contributed by atoms with van der Waals surface area (Å²) in [6, 6.07) is 0. The predicted octanol–water partition coefficient (Wildman–Crippen LogP) is 1.76. The number of hydrogen-bond donors (Lipinski definition) is 0. The Balaban J connectivity index is 2.18. The summed E-state index contributed by atoms with van der Waals surface area (Å²) in [5.74, 6) is 3.82. The zero-order chi connectivity index (χ0) is 4.41. The molecule has 1 fully saturated rings. The van der Waals surface area contributed by atoms with E-state index in [0.29, 0.717) is 0 Å². The Bertz CT molecular complexity index is 37.2. The van der Waals surface area contributed by atoms with Gasteiger partial charge in [0.25, 0.3) is 0 Å². The summed E-state index contributed by atoms with van der Waals surface area (Å²) >= 11 is 2.08. The molecule has 1 rings (SSSR count). The summed E-state index contributed by atoms with van der Waals surface area (Å²) in [5.41, 5.74) is 0. The Morgan fingerprint density at radius 3 is 2.67 bits per heavy atom. The van der Waals surface area contributed by atoms with E-state index >= 15 is 0 Å². The maximum Gasteiger partial charge on any atom is -0.00415 e. The van der Waals surface area contributed by atoms with Crippen LogP contribution in [0.25, 0.3) is 0 Å². The topological polar surface area (TPSA) is 0 Å². The standard InChI is InChI=1S/C5H10S/c1-5-2-3-6-4-5/h5H,2-4H2,1H3. The fourth-order valence-electron chi connectivity index (χ4n) is 0.652. The van der Waals surface area contributed by atoms with E-state index in [1.54, 1.807) is 0 Å². The lowest BCUT2D eigenvalue weighted by Gasteiger charge is -1.90. The third-order valence-corrected chi connectivity index (χ3v) is 2.49. The third kappa shape index (κ3) is 0.904. The van der Waals surface area contributed by atoms with Gasteiger partial charge in [0.05, 0.1) is 0 Å². The molecule has 1 saturated heterocycles. The molecule has 0 radical (unpaired) electrons. The highest BCUT2D eigenvalue weighted by molar-refractivity contribution is 7.99. The van der Waals surface area contributed by atoms with Gasteiger partial charge in [-0.1, -0.05) is 6.92 Å². The average molecular weight is 102 g/mol. The molecule has 1 atom stereocenters. The maximum atomic E-state index is 2.32. The van der Waals surface area contributed by atoms with Gasteiger partial charge in [-0.3, -0.25) is 0 Å². The van der Waals surface area contributed by atoms with E-state index in [0.717, 1.165) is 5.92 Å². The van der Waals surface area contributed by atoms with Gasteiger partial charge in [-0.05, 0) is 23.8 Å². The summed E-state index contributed by atoms with van der Waals surface area (Å²) in [5, 5.41) is 0. The molecule has 6 heavy (non-hydrogen) atoms. The van der Waals surface area contributed by atoms with Crippen LogP contribution in [0.5, 0.6) is 0 Å². The summed E-state index contributed by atoms with van der Waals surface area (Å²) < 4.78 is 0. The lowest BCUT2D eigenvalue weighted by molar-refractivity contribution is 0.669. The van der Waals surface area contributed by atoms with Gasteiger partial charge in [-0.15, -0.1) is 0 Å². The first-order chi connectivity index (χ1) is 2.89. The van der Waals surface area contributed by atoms with Gasteiger partial charge in [-0.2, -0.15) is 11.8 Å². The van der Waals surface area contributed by atoms with Crippen molar-refractivity contribution in [3.8, 4) is 0 Å². The Kier molecular flexibility index (Phi) is 1.41. The normalized spacial score (nSPS) is 34.5. The minimum atomic E-state index is 1.01. The van der Waals surface area contributed by atoms with Crippen molar-refractivity contribution in [2.75, 3.05) is 11.5 Å². The summed E-state index contributed by atoms with van der Waals surface area (Å²) in [6.45, 7) is 2.32. The van der Waals surface area contributed by atoms with E-state index in [-0.39, 0.29) is 0 Å². The molecule has 0 spiro atoms. The van der Waals surface area contributed by atoms with Crippen LogP contribution in [-0.2, 0) is 0 Å². The van der Waals surface area contributed by atoms with Crippen LogP contribution in [0.2, 0.25) is 0 Å². The van der Waals surface area contributed by atoms with Crippen LogP contribution in [0, 0.1) is 5.92 Å². The van der Waals surface area contributed by atoms with Gasteiger partial charge in [0.1, 0.15) is 0 Å². The van der Waals surface area contributed by atoms with Crippen LogP contribution >= 0.6 is 11.8 Å². The lowest BCUT2D eigenvalue weighted by Crippen LogP contribution is -1.85. The number of hydrogen-bond acceptors (Lipinski definition) is 1. The number of rotatable bonds is 0. The van der Waals surface area contributed by atoms with Gasteiger partial charge in [-0.25, -0.2) is 0 Å². The van der Waals surface area contributed by atoms with E-state index in [1.807, 2.05) is 0 Å². The summed E-state index contributed by atoms with van der Waals surface area (Å²) in [7, 11) is 0. The summed E-state index contributed by atoms with van der Waals surface area (Å²) in [4.78, 5) is 0. The molecule has 0 N–H and O–H groups in total. The van der Waals surface area contributed by atoms with Crippen molar-refractivity contribution in [3.05, 3.63) is 0 Å². The lowest BCUT2D eigenvalue weighted by atomic mass is 10.2. The fourth-order valence-corrected chi connectivity index (χ4v) is 1.96. The zero-order valence-electron chi connectivity index (χ0n) is 4.11. The van der Waals surface area contributed by atoms with Gasteiger partial charge in [0.2, 0.25) is 0 Å². The molecule has 1 aliphatic rings. The molecule has 0 saturated carbocycles. The Hall–Kier alpha value is 0.350. The molecule has 0 aromatic rings. The van der Waals surface area contributed by atoms with Crippen LogP contribution in [0.1, 0.15) is 13.3 Å². The van der Waals surface area contributed by atoms with Crippen molar-refractivity contribution >= 4 is 11.8 Å². The van der Waals surface area contributed by atoms with Crippen molar-refractivity contribution < 1.29 is 0 Å². The molecule has 36 valence electrons. The molecule has 0 nitrogen and oxygen atoms in total. The van der Waals surface area contributed by atoms with Crippen molar-refractivity contribution in [2.45, 2.75) is 13.3 Å². The largest absolute Gasteiger partial charge is 0.162 e. The number of thioether (sulfide) groups is 1. The van der Waals surface area contributed by atoms with E-state index in [4.69, 9.17) is 0 Å². The van der Waals surface area contributed by atoms with E-state index in [2.05, 4.69) is 18.7 Å². The Morgan fingerprint density at radius 2 is 2.50 bits per heavy atom. The predicted molar refractivity (Wildman–Crippen MR) is 31.1 cm³/mol. The Labute approximate surface area is 43.3 Å². The quantitative estimate of drug-likeness (QED) is 0.449. The molecule has 1 heteroatoms. The van der Waals surface area contributed by atoms with Crippen molar-refractivity contribution in [1.29, 1.82) is 0 Å². The van der Waals surface area contributed by atoms with Crippen LogP contribution in [0.4, 0.5) is 0 Å². The molecule has 0 amide bonds. The molecular formula is C5H10S. The fraction of sp³-hybridized carbons (Fsp3) is 1.00. The highest BCUT2D eigenvalue weighted by Crippen LogP contribution is 2.21. The molecule has 1 aliphatic heterocycles. The molecule has 0 aromatic carbocycles. The monoisotopic (exact) mass is 102 g/mol. The van der Waals surface area contributed by atoms with Gasteiger partial charge < -0.3 is 0 Å². The molecule has 0 bridgehead atoms. The van der Waals surface area contributed by atoms with Crippen molar-refractivity contribution in [1.82, 2.24) is 0 Å². The smallest absolute Gasteiger partial charge is 0.00415 e. The highest BCUT2D eigenvalue weighted by atomic mass is 32.2. The third-order valence-electron chi connectivity index (χ3n) is 1.16. The first-order valence-corrected chi connectivity index (χ1v) is 3.63. The van der Waals surface area contributed by atoms with E-state index < -0.39 is 0 Å². The average Bonchev–Trinajstić information content (AvgIpc) is 1.86. The van der Waals surface area contributed by atoms with E-state index in [1.165, 1.54) is 17.9 Å². The molecular weight excluding hydrogens is 92.1 g/mol. The molecule has 0 aliphatic carbocycles. The van der Waals surface area contributed by atoms with Crippen LogP contribution in [0.15, 0.2) is 0 Å². The first-order valence-electron chi connectivity index (χ1n) is 2.47. The van der Waals surface area contributed by atoms with Crippen molar-refractivity contribution in [2.24, 2.45) is 5.92 Å². The van der Waals surface area contributed by atoms with Crippen LogP contribution < -0.4 is 0 Å². The summed E-state index contributed by atoms with van der Waals surface area (Å²) in [6.07, 6.45) is 1.45. The first kappa shape index (κ1) is 4.51. The van der Waals surface area contributed by atoms with Gasteiger partial charge in [0.15, 0.2) is 0 Å². The minimum absolute atomic E-state index is 1.01. The van der Waals surface area contributed by atoms with Crippen LogP contribution in [-0.4, -0.2) is 11.5 Å². The second-order valence-electron chi connectivity index (χ2n) is 1.97. The van der Waals surface area contributed by atoms with Crippen molar-refractivity contribution in [3.63, 3.8) is 0 Å². The Morgan fingerprint density at radius 1 is 1.67 bits per heavy atom. The van der Waals surface area contributed by atoms with E-state index in [9.17, 15) is 0 Å². The minimum Gasteiger partial charge on any atom is -0.162 e. The highest BCUT2D eigenvalue weighted by Gasteiger charge is 2.07. The molecule has 1 unspecified atom stereocenters.